The monoisotopic (exact) mass is 585 g/mol. The van der Waals surface area contributed by atoms with Crippen molar-refractivity contribution >= 4 is 11.9 Å². The summed E-state index contributed by atoms with van der Waals surface area (Å²) in [4.78, 5) is 32.0. The maximum atomic E-state index is 13.1. The van der Waals surface area contributed by atoms with Crippen molar-refractivity contribution < 1.29 is 36.8 Å². The van der Waals surface area contributed by atoms with E-state index in [0.29, 0.717) is 49.9 Å². The number of alkyl halides is 3. The Morgan fingerprint density at radius 2 is 2.00 bits per heavy atom. The SMILES string of the molecule is Cc1noc([C@H]2C[C@@H]2C(=O)NCc2ccc(-c3cccc(OC(F)(F)F)c3)c3c2CN(C(=O)NC2(C)COC2)CC3)n1. The minimum atomic E-state index is -4.81. The van der Waals surface area contributed by atoms with Gasteiger partial charge in [-0.25, -0.2) is 4.79 Å². The second kappa shape index (κ2) is 10.6. The molecule has 0 spiro atoms. The number of amides is 3. The third-order valence-electron chi connectivity index (χ3n) is 7.87. The largest absolute Gasteiger partial charge is 0.573 e. The van der Waals surface area contributed by atoms with Crippen LogP contribution < -0.4 is 15.4 Å². The van der Waals surface area contributed by atoms with Gasteiger partial charge in [-0.15, -0.1) is 13.2 Å². The average Bonchev–Trinajstić information content (AvgIpc) is 3.62. The molecule has 1 aliphatic carbocycles. The van der Waals surface area contributed by atoms with Crippen LogP contribution in [0.4, 0.5) is 18.0 Å². The molecule has 3 aromatic rings. The van der Waals surface area contributed by atoms with Gasteiger partial charge in [-0.05, 0) is 66.6 Å². The average molecular weight is 586 g/mol. The summed E-state index contributed by atoms with van der Waals surface area (Å²) in [7, 11) is 0. The molecule has 3 heterocycles. The summed E-state index contributed by atoms with van der Waals surface area (Å²) in [6.45, 7) is 5.45. The van der Waals surface area contributed by atoms with Crippen LogP contribution in [0.1, 0.15) is 47.7 Å². The summed E-state index contributed by atoms with van der Waals surface area (Å²) in [6, 6.07) is 9.32. The van der Waals surface area contributed by atoms with Crippen LogP contribution in [0.5, 0.6) is 5.75 Å². The number of urea groups is 1. The molecule has 2 aliphatic heterocycles. The van der Waals surface area contributed by atoms with Crippen LogP contribution >= 0.6 is 0 Å². The van der Waals surface area contributed by atoms with Crippen molar-refractivity contribution in [2.75, 3.05) is 19.8 Å². The molecule has 13 heteroatoms. The van der Waals surface area contributed by atoms with Crippen LogP contribution in [0.15, 0.2) is 40.9 Å². The molecular weight excluding hydrogens is 555 g/mol. The molecule has 0 bridgehead atoms. The second-order valence-corrected chi connectivity index (χ2v) is 11.3. The Morgan fingerprint density at radius 3 is 2.69 bits per heavy atom. The van der Waals surface area contributed by atoms with Crippen LogP contribution in [0.3, 0.4) is 0 Å². The van der Waals surface area contributed by atoms with Gasteiger partial charge in [-0.1, -0.05) is 29.4 Å². The van der Waals surface area contributed by atoms with Gasteiger partial charge < -0.3 is 29.5 Å². The molecule has 10 nitrogen and oxygen atoms in total. The van der Waals surface area contributed by atoms with Gasteiger partial charge in [-0.3, -0.25) is 4.79 Å². The smallest absolute Gasteiger partial charge is 0.406 e. The number of ether oxygens (including phenoxy) is 2. The Bertz CT molecular complexity index is 1520. The quantitative estimate of drug-likeness (QED) is 0.426. The van der Waals surface area contributed by atoms with Crippen molar-refractivity contribution in [3.05, 3.63) is 64.8 Å². The number of hydrogen-bond acceptors (Lipinski definition) is 7. The molecule has 2 N–H and O–H groups in total. The van der Waals surface area contributed by atoms with Crippen molar-refractivity contribution in [3.8, 4) is 16.9 Å². The lowest BCUT2D eigenvalue weighted by atomic mass is 9.87. The molecule has 0 radical (unpaired) electrons. The van der Waals surface area contributed by atoms with E-state index in [1.54, 1.807) is 17.9 Å². The van der Waals surface area contributed by atoms with Crippen molar-refractivity contribution in [2.45, 2.75) is 57.6 Å². The summed E-state index contributed by atoms with van der Waals surface area (Å²) in [5.41, 5.74) is 3.49. The van der Waals surface area contributed by atoms with Gasteiger partial charge in [0.1, 0.15) is 5.75 Å². The van der Waals surface area contributed by atoms with Gasteiger partial charge in [-0.2, -0.15) is 4.98 Å². The van der Waals surface area contributed by atoms with Crippen LogP contribution in [0, 0.1) is 12.8 Å². The lowest BCUT2D eigenvalue weighted by Gasteiger charge is -2.41. The van der Waals surface area contributed by atoms with E-state index in [-0.39, 0.29) is 42.6 Å². The van der Waals surface area contributed by atoms with Crippen LogP contribution in [-0.4, -0.2) is 58.6 Å². The van der Waals surface area contributed by atoms with E-state index in [1.165, 1.54) is 18.2 Å². The molecule has 2 aromatic carbocycles. The lowest BCUT2D eigenvalue weighted by Crippen LogP contribution is -2.62. The molecular formula is C29H30F3N5O5. The van der Waals surface area contributed by atoms with E-state index in [9.17, 15) is 22.8 Å². The Balaban J connectivity index is 1.24. The predicted molar refractivity (Wildman–Crippen MR) is 142 cm³/mol. The molecule has 0 unspecified atom stereocenters. The third kappa shape index (κ3) is 5.91. The van der Waals surface area contributed by atoms with Crippen LogP contribution in [-0.2, 0) is 29.0 Å². The zero-order chi connectivity index (χ0) is 29.6. The highest BCUT2D eigenvalue weighted by Crippen LogP contribution is 2.47. The second-order valence-electron chi connectivity index (χ2n) is 11.3. The molecule has 3 aliphatic rings. The topological polar surface area (TPSA) is 119 Å². The zero-order valence-corrected chi connectivity index (χ0v) is 23.1. The molecule has 2 atom stereocenters. The van der Waals surface area contributed by atoms with E-state index in [4.69, 9.17) is 9.26 Å². The number of carbonyl (C=O) groups is 2. The Hall–Kier alpha value is -4.13. The maximum absolute atomic E-state index is 13.1. The number of aryl methyl sites for hydroxylation is 1. The minimum absolute atomic E-state index is 0.107. The molecule has 6 rings (SSSR count). The third-order valence-corrected chi connectivity index (χ3v) is 7.87. The highest BCUT2D eigenvalue weighted by atomic mass is 19.4. The molecule has 1 aromatic heterocycles. The molecule has 3 amide bonds. The van der Waals surface area contributed by atoms with Gasteiger partial charge in [0.25, 0.3) is 0 Å². The Labute approximate surface area is 239 Å². The van der Waals surface area contributed by atoms with Gasteiger partial charge in [0.05, 0.1) is 30.6 Å². The fourth-order valence-electron chi connectivity index (χ4n) is 5.56. The van der Waals surface area contributed by atoms with E-state index in [2.05, 4.69) is 25.5 Å². The number of carbonyl (C=O) groups excluding carboxylic acids is 2. The molecule has 222 valence electrons. The van der Waals surface area contributed by atoms with Gasteiger partial charge >= 0.3 is 12.4 Å². The molecule has 2 fully saturated rings. The van der Waals surface area contributed by atoms with Crippen molar-refractivity contribution in [2.24, 2.45) is 5.92 Å². The zero-order valence-electron chi connectivity index (χ0n) is 23.1. The van der Waals surface area contributed by atoms with Crippen molar-refractivity contribution in [3.63, 3.8) is 0 Å². The fourth-order valence-corrected chi connectivity index (χ4v) is 5.56. The normalized spacial score (nSPS) is 20.7. The number of nitrogens with one attached hydrogen (secondary N) is 2. The van der Waals surface area contributed by atoms with Crippen molar-refractivity contribution in [1.29, 1.82) is 0 Å². The first-order valence-corrected chi connectivity index (χ1v) is 13.7. The number of benzene rings is 2. The number of halogens is 3. The summed E-state index contributed by atoms with van der Waals surface area (Å²) in [5.74, 6) is 0.167. The lowest BCUT2D eigenvalue weighted by molar-refractivity contribution is -0.274. The van der Waals surface area contributed by atoms with E-state index >= 15 is 0 Å². The minimum Gasteiger partial charge on any atom is -0.406 e. The van der Waals surface area contributed by atoms with Gasteiger partial charge in [0.2, 0.25) is 11.8 Å². The first-order chi connectivity index (χ1) is 20.0. The first kappa shape index (κ1) is 28.0. The summed E-state index contributed by atoms with van der Waals surface area (Å²) >= 11 is 0. The van der Waals surface area contributed by atoms with Gasteiger partial charge in [0.15, 0.2) is 5.82 Å². The fraction of sp³-hybridized carbons (Fsp3) is 0.448. The summed E-state index contributed by atoms with van der Waals surface area (Å²) < 4.78 is 53.3. The molecule has 1 saturated carbocycles. The van der Waals surface area contributed by atoms with Crippen LogP contribution in [0.2, 0.25) is 0 Å². The van der Waals surface area contributed by atoms with Crippen LogP contribution in [0.25, 0.3) is 11.1 Å². The number of rotatable bonds is 7. The molecule has 1 saturated heterocycles. The first-order valence-electron chi connectivity index (χ1n) is 13.7. The van der Waals surface area contributed by atoms with E-state index in [1.807, 2.05) is 19.1 Å². The number of nitrogens with zero attached hydrogens (tertiary/aromatic N) is 3. The maximum Gasteiger partial charge on any atom is 0.573 e. The Kier molecular flexibility index (Phi) is 7.08. The van der Waals surface area contributed by atoms with Crippen molar-refractivity contribution in [1.82, 2.24) is 25.7 Å². The Morgan fingerprint density at radius 1 is 1.19 bits per heavy atom. The highest BCUT2D eigenvalue weighted by molar-refractivity contribution is 5.83. The summed E-state index contributed by atoms with van der Waals surface area (Å²) in [6.07, 6.45) is -3.70. The number of aromatic nitrogens is 2. The highest BCUT2D eigenvalue weighted by Gasteiger charge is 2.47. The van der Waals surface area contributed by atoms with Gasteiger partial charge in [0, 0.05) is 19.6 Å². The summed E-state index contributed by atoms with van der Waals surface area (Å²) in [5, 5.41) is 9.83. The number of hydrogen-bond donors (Lipinski definition) is 2. The molecule has 42 heavy (non-hydrogen) atoms. The standard InChI is InChI=1S/C29H30F3N5O5/c1-16-34-26(42-36-16)23-11-22(23)25(38)33-12-18-6-7-20(17-4-3-5-19(10-17)41-29(30,31)32)21-8-9-37(13-24(18)21)27(39)35-28(2)14-40-15-28/h3-7,10,22-23H,8-9,11-15H2,1-2H3,(H,33,38)(H,35,39)/t22-,23-/m0/s1. The van der Waals surface area contributed by atoms with E-state index in [0.717, 1.165) is 22.3 Å². The predicted octanol–water partition coefficient (Wildman–Crippen LogP) is 4.22. The number of fused-ring (bicyclic) bond motifs is 1. The van der Waals surface area contributed by atoms with E-state index < -0.39 is 11.9 Å².